The SMILES string of the molecule is COC(=O)c1sccc1NC(=O)C1CCN(c2ncnc3onc(C)c23)CC1. The van der Waals surface area contributed by atoms with Crippen LogP contribution in [0.15, 0.2) is 22.3 Å². The number of ether oxygens (including phenoxy) is 1. The van der Waals surface area contributed by atoms with Crippen molar-refractivity contribution in [3.05, 3.63) is 28.3 Å². The van der Waals surface area contributed by atoms with Gasteiger partial charge in [0.05, 0.1) is 18.5 Å². The molecule has 146 valence electrons. The van der Waals surface area contributed by atoms with Crippen molar-refractivity contribution in [1.82, 2.24) is 15.1 Å². The van der Waals surface area contributed by atoms with Crippen LogP contribution in [0.1, 0.15) is 28.2 Å². The van der Waals surface area contributed by atoms with Gasteiger partial charge in [-0.15, -0.1) is 11.3 Å². The summed E-state index contributed by atoms with van der Waals surface area (Å²) in [5, 5.41) is 9.39. The minimum Gasteiger partial charge on any atom is -0.465 e. The molecule has 1 amide bonds. The number of hydrogen-bond acceptors (Lipinski definition) is 9. The van der Waals surface area contributed by atoms with Crippen molar-refractivity contribution in [2.24, 2.45) is 5.92 Å². The van der Waals surface area contributed by atoms with Crippen molar-refractivity contribution in [1.29, 1.82) is 0 Å². The van der Waals surface area contributed by atoms with Gasteiger partial charge >= 0.3 is 5.97 Å². The van der Waals surface area contributed by atoms with E-state index < -0.39 is 5.97 Å². The van der Waals surface area contributed by atoms with Gasteiger partial charge in [0.2, 0.25) is 5.91 Å². The number of esters is 1. The molecule has 0 unspecified atom stereocenters. The number of amides is 1. The lowest BCUT2D eigenvalue weighted by molar-refractivity contribution is -0.120. The molecule has 0 spiro atoms. The van der Waals surface area contributed by atoms with Crippen molar-refractivity contribution >= 4 is 45.8 Å². The maximum absolute atomic E-state index is 12.7. The van der Waals surface area contributed by atoms with E-state index in [2.05, 4.69) is 25.3 Å². The normalized spacial score (nSPS) is 15.0. The summed E-state index contributed by atoms with van der Waals surface area (Å²) in [6.45, 7) is 3.23. The first-order valence-corrected chi connectivity index (χ1v) is 9.75. The Kier molecular flexibility index (Phi) is 4.95. The number of rotatable bonds is 4. The number of methoxy groups -OCH3 is 1. The Labute approximate surface area is 164 Å². The van der Waals surface area contributed by atoms with Gasteiger partial charge < -0.3 is 19.5 Å². The molecule has 1 N–H and O–H groups in total. The third-order valence-corrected chi connectivity index (χ3v) is 5.78. The van der Waals surface area contributed by atoms with Crippen molar-refractivity contribution in [2.45, 2.75) is 19.8 Å². The van der Waals surface area contributed by atoms with Crippen LogP contribution in [-0.4, -0.2) is 47.2 Å². The first-order chi connectivity index (χ1) is 13.6. The summed E-state index contributed by atoms with van der Waals surface area (Å²) in [4.78, 5) is 35.5. The number of nitrogens with one attached hydrogen (secondary N) is 1. The second-order valence-electron chi connectivity index (χ2n) is 6.55. The molecule has 0 bridgehead atoms. The van der Waals surface area contributed by atoms with E-state index >= 15 is 0 Å². The minimum atomic E-state index is -0.447. The Morgan fingerprint density at radius 3 is 2.86 bits per heavy atom. The maximum Gasteiger partial charge on any atom is 0.350 e. The fraction of sp³-hybridized carbons (Fsp3) is 0.389. The summed E-state index contributed by atoms with van der Waals surface area (Å²) in [5.41, 5.74) is 1.72. The standard InChI is InChI=1S/C18H19N5O4S/c1-10-13-15(19-9-20-17(13)27-22-10)23-6-3-11(4-7-23)16(24)21-12-5-8-28-14(12)18(25)26-2/h5,8-9,11H,3-4,6-7H2,1-2H3,(H,21,24). The molecular weight excluding hydrogens is 382 g/mol. The Balaban J connectivity index is 1.43. The second-order valence-corrected chi connectivity index (χ2v) is 7.47. The highest BCUT2D eigenvalue weighted by atomic mass is 32.1. The van der Waals surface area contributed by atoms with E-state index in [4.69, 9.17) is 9.26 Å². The molecule has 28 heavy (non-hydrogen) atoms. The number of hydrogen-bond donors (Lipinski definition) is 1. The molecular formula is C18H19N5O4S. The summed E-state index contributed by atoms with van der Waals surface area (Å²) in [5.74, 6) is 0.116. The number of piperidine rings is 1. The van der Waals surface area contributed by atoms with E-state index in [1.165, 1.54) is 24.8 Å². The molecule has 3 aromatic rings. The van der Waals surface area contributed by atoms with Gasteiger partial charge in [0, 0.05) is 19.0 Å². The fourth-order valence-electron chi connectivity index (χ4n) is 3.39. The van der Waals surface area contributed by atoms with E-state index in [-0.39, 0.29) is 11.8 Å². The van der Waals surface area contributed by atoms with Gasteiger partial charge in [-0.05, 0) is 31.2 Å². The molecule has 0 saturated carbocycles. The van der Waals surface area contributed by atoms with Crippen LogP contribution < -0.4 is 10.2 Å². The molecule has 1 aliphatic rings. The van der Waals surface area contributed by atoms with E-state index in [1.807, 2.05) is 6.92 Å². The third-order valence-electron chi connectivity index (χ3n) is 4.88. The van der Waals surface area contributed by atoms with E-state index in [0.717, 1.165) is 16.9 Å². The number of fused-ring (bicyclic) bond motifs is 1. The molecule has 10 heteroatoms. The molecule has 0 aliphatic carbocycles. The first-order valence-electron chi connectivity index (χ1n) is 8.87. The molecule has 1 fully saturated rings. The highest BCUT2D eigenvalue weighted by Crippen LogP contribution is 2.30. The monoisotopic (exact) mass is 401 g/mol. The smallest absolute Gasteiger partial charge is 0.350 e. The second kappa shape index (κ2) is 7.55. The zero-order chi connectivity index (χ0) is 19.7. The Bertz CT molecular complexity index is 1020. The molecule has 0 radical (unpaired) electrons. The maximum atomic E-state index is 12.7. The van der Waals surface area contributed by atoms with E-state index in [1.54, 1.807) is 11.4 Å². The van der Waals surface area contributed by atoms with Gasteiger partial charge in [-0.25, -0.2) is 9.78 Å². The Morgan fingerprint density at radius 2 is 2.11 bits per heavy atom. The quantitative estimate of drug-likeness (QED) is 0.664. The molecule has 0 atom stereocenters. The van der Waals surface area contributed by atoms with Gasteiger partial charge in [-0.1, -0.05) is 5.16 Å². The largest absolute Gasteiger partial charge is 0.465 e. The van der Waals surface area contributed by atoms with Crippen LogP contribution in [0.25, 0.3) is 11.1 Å². The number of aryl methyl sites for hydroxylation is 1. The highest BCUT2D eigenvalue weighted by Gasteiger charge is 2.28. The summed E-state index contributed by atoms with van der Waals surface area (Å²) in [6.07, 6.45) is 2.82. The van der Waals surface area contributed by atoms with Crippen LogP contribution in [0.3, 0.4) is 0 Å². The van der Waals surface area contributed by atoms with Gasteiger partial charge in [0.15, 0.2) is 0 Å². The van der Waals surface area contributed by atoms with Crippen LogP contribution in [0.5, 0.6) is 0 Å². The molecule has 3 aromatic heterocycles. The first kappa shape index (κ1) is 18.4. The average molecular weight is 401 g/mol. The average Bonchev–Trinajstić information content (AvgIpc) is 3.34. The lowest BCUT2D eigenvalue weighted by Gasteiger charge is -2.32. The van der Waals surface area contributed by atoms with Crippen LogP contribution >= 0.6 is 11.3 Å². The van der Waals surface area contributed by atoms with E-state index in [0.29, 0.717) is 42.2 Å². The highest BCUT2D eigenvalue weighted by molar-refractivity contribution is 7.12. The zero-order valence-electron chi connectivity index (χ0n) is 15.5. The van der Waals surface area contributed by atoms with E-state index in [9.17, 15) is 9.59 Å². The molecule has 4 rings (SSSR count). The van der Waals surface area contributed by atoms with Crippen LogP contribution in [0.2, 0.25) is 0 Å². The summed E-state index contributed by atoms with van der Waals surface area (Å²) in [7, 11) is 1.32. The van der Waals surface area contributed by atoms with Crippen molar-refractivity contribution < 1.29 is 18.8 Å². The number of carbonyl (C=O) groups excluding carboxylic acids is 2. The number of nitrogens with zero attached hydrogens (tertiary/aromatic N) is 4. The van der Waals surface area contributed by atoms with Gasteiger partial charge in [0.1, 0.15) is 22.4 Å². The van der Waals surface area contributed by atoms with Crippen molar-refractivity contribution in [3.8, 4) is 0 Å². The van der Waals surface area contributed by atoms with Crippen LogP contribution in [0.4, 0.5) is 11.5 Å². The topological polar surface area (TPSA) is 110 Å². The summed E-state index contributed by atoms with van der Waals surface area (Å²) in [6, 6.07) is 1.72. The third kappa shape index (κ3) is 3.31. The van der Waals surface area contributed by atoms with Gasteiger partial charge in [-0.2, -0.15) is 4.98 Å². The van der Waals surface area contributed by atoms with Crippen molar-refractivity contribution in [3.63, 3.8) is 0 Å². The zero-order valence-corrected chi connectivity index (χ0v) is 16.3. The predicted molar refractivity (Wildman–Crippen MR) is 104 cm³/mol. The summed E-state index contributed by atoms with van der Waals surface area (Å²) < 4.78 is 9.96. The minimum absolute atomic E-state index is 0.0859. The molecule has 9 nitrogen and oxygen atoms in total. The van der Waals surface area contributed by atoms with Crippen LogP contribution in [0, 0.1) is 12.8 Å². The number of thiophene rings is 1. The number of anilines is 2. The summed E-state index contributed by atoms with van der Waals surface area (Å²) >= 11 is 1.25. The van der Waals surface area contributed by atoms with Gasteiger partial charge in [-0.3, -0.25) is 4.79 Å². The predicted octanol–water partition coefficient (Wildman–Crippen LogP) is 2.63. The lowest BCUT2D eigenvalue weighted by atomic mass is 9.95. The number of carbonyl (C=O) groups is 2. The molecule has 1 saturated heterocycles. The van der Waals surface area contributed by atoms with Crippen molar-refractivity contribution in [2.75, 3.05) is 30.4 Å². The Morgan fingerprint density at radius 1 is 1.32 bits per heavy atom. The molecule has 4 heterocycles. The lowest BCUT2D eigenvalue weighted by Crippen LogP contribution is -2.38. The Hall–Kier alpha value is -3.01. The van der Waals surface area contributed by atoms with Crippen LogP contribution in [-0.2, 0) is 9.53 Å². The molecule has 1 aliphatic heterocycles. The molecule has 0 aromatic carbocycles. The number of aromatic nitrogens is 3. The van der Waals surface area contributed by atoms with Gasteiger partial charge in [0.25, 0.3) is 5.71 Å². The fourth-order valence-corrected chi connectivity index (χ4v) is 4.16.